The molecule has 0 saturated heterocycles. The Kier molecular flexibility index (Phi) is 5.46. The predicted octanol–water partition coefficient (Wildman–Crippen LogP) is 5.03. The van der Waals surface area contributed by atoms with Crippen molar-refractivity contribution in [2.24, 2.45) is 5.92 Å². The minimum Gasteiger partial charge on any atom is -0.491 e. The first-order chi connectivity index (χ1) is 15.7. The summed E-state index contributed by atoms with van der Waals surface area (Å²) in [4.78, 5) is 13.1. The fourth-order valence-electron chi connectivity index (χ4n) is 3.48. The Hall–Kier alpha value is -3.87. The molecule has 0 radical (unpaired) electrons. The molecule has 0 amide bonds. The number of fused-ring (bicyclic) bond motifs is 1. The highest BCUT2D eigenvalue weighted by atomic mass is 16.5. The summed E-state index contributed by atoms with van der Waals surface area (Å²) >= 11 is 0. The van der Waals surface area contributed by atoms with Crippen molar-refractivity contribution in [3.63, 3.8) is 0 Å². The molecule has 32 heavy (non-hydrogen) atoms. The van der Waals surface area contributed by atoms with Crippen molar-refractivity contribution >= 4 is 28.1 Å². The Morgan fingerprint density at radius 3 is 2.69 bits per heavy atom. The first kappa shape index (κ1) is 20.1. The summed E-state index contributed by atoms with van der Waals surface area (Å²) in [5.74, 6) is 2.85. The summed E-state index contributed by atoms with van der Waals surface area (Å²) in [5, 5.41) is 4.22. The highest BCUT2D eigenvalue weighted by molar-refractivity contribution is 5.94. The highest BCUT2D eigenvalue weighted by Gasteiger charge is 2.22. The molecule has 0 aliphatic heterocycles. The Morgan fingerprint density at radius 2 is 1.91 bits per heavy atom. The van der Waals surface area contributed by atoms with Gasteiger partial charge in [-0.15, -0.1) is 0 Å². The average molecular weight is 428 g/mol. The van der Waals surface area contributed by atoms with Crippen LogP contribution >= 0.6 is 0 Å². The molecule has 5 rings (SSSR count). The van der Waals surface area contributed by atoms with Gasteiger partial charge in [-0.25, -0.2) is 9.97 Å². The van der Waals surface area contributed by atoms with Gasteiger partial charge in [-0.3, -0.25) is 4.98 Å². The van der Waals surface area contributed by atoms with E-state index in [0.717, 1.165) is 33.6 Å². The van der Waals surface area contributed by atoms with Crippen molar-refractivity contribution in [1.82, 2.24) is 15.0 Å². The van der Waals surface area contributed by atoms with Crippen molar-refractivity contribution in [1.29, 1.82) is 0 Å². The van der Waals surface area contributed by atoms with Crippen LogP contribution in [0.3, 0.4) is 0 Å². The lowest BCUT2D eigenvalue weighted by molar-refractivity contribution is 0.299. The maximum atomic E-state index is 6.25. The molecule has 0 bridgehead atoms. The van der Waals surface area contributed by atoms with Gasteiger partial charge < -0.3 is 20.5 Å². The second-order valence-electron chi connectivity index (χ2n) is 8.10. The topological polar surface area (TPSA) is 95.2 Å². The van der Waals surface area contributed by atoms with Gasteiger partial charge >= 0.3 is 0 Å². The van der Waals surface area contributed by atoms with Crippen LogP contribution in [-0.2, 0) is 6.61 Å². The third-order valence-electron chi connectivity index (χ3n) is 5.48. The zero-order valence-electron chi connectivity index (χ0n) is 17.9. The van der Waals surface area contributed by atoms with Gasteiger partial charge in [0, 0.05) is 23.3 Å². The average Bonchev–Trinajstić information content (AvgIpc) is 3.63. The zero-order valence-corrected chi connectivity index (χ0v) is 17.9. The van der Waals surface area contributed by atoms with Gasteiger partial charge in [-0.1, -0.05) is 6.07 Å². The minimum absolute atomic E-state index is 0.426. The van der Waals surface area contributed by atoms with E-state index >= 15 is 0 Å². The van der Waals surface area contributed by atoms with Crippen LogP contribution in [0.2, 0.25) is 0 Å². The Bertz CT molecular complexity index is 1240. The molecular weight excluding hydrogens is 402 g/mol. The maximum absolute atomic E-state index is 6.25. The fourth-order valence-corrected chi connectivity index (χ4v) is 3.48. The molecule has 0 spiro atoms. The van der Waals surface area contributed by atoms with Crippen LogP contribution in [-0.4, -0.2) is 21.6 Å². The van der Waals surface area contributed by atoms with E-state index in [-0.39, 0.29) is 0 Å². The van der Waals surface area contributed by atoms with E-state index in [1.54, 1.807) is 12.5 Å². The van der Waals surface area contributed by atoms with Crippen LogP contribution in [0.15, 0.2) is 61.1 Å². The molecule has 0 atom stereocenters. The van der Waals surface area contributed by atoms with Crippen LogP contribution in [0.5, 0.6) is 11.5 Å². The monoisotopic (exact) mass is 427 g/mol. The number of ether oxygens (including phenoxy) is 2. The minimum atomic E-state index is 0.426. The van der Waals surface area contributed by atoms with Crippen molar-refractivity contribution in [2.75, 3.05) is 17.7 Å². The number of hydrogen-bond acceptors (Lipinski definition) is 7. The number of pyridine rings is 1. The van der Waals surface area contributed by atoms with Gasteiger partial charge in [-0.2, -0.15) is 0 Å². The number of aryl methyl sites for hydroxylation is 1. The summed E-state index contributed by atoms with van der Waals surface area (Å²) < 4.78 is 11.8. The summed E-state index contributed by atoms with van der Waals surface area (Å²) in [6.07, 6.45) is 5.77. The molecule has 4 aromatic rings. The molecule has 2 heterocycles. The lowest BCUT2D eigenvalue weighted by Crippen LogP contribution is -2.03. The number of rotatable bonds is 8. The first-order valence-electron chi connectivity index (χ1n) is 10.7. The highest BCUT2D eigenvalue weighted by Crippen LogP contribution is 2.34. The molecule has 1 aliphatic carbocycles. The van der Waals surface area contributed by atoms with Crippen LogP contribution in [0.25, 0.3) is 10.9 Å². The SMILES string of the molecule is Cc1cc(Nc2ncnc3cc(OCC4CC4)c(N)cc23)ccc1OCc1ccccn1. The molecule has 7 nitrogen and oxygen atoms in total. The van der Waals surface area contributed by atoms with Crippen LogP contribution in [0, 0.1) is 12.8 Å². The molecule has 1 fully saturated rings. The Balaban J connectivity index is 1.33. The molecule has 3 N–H and O–H groups in total. The maximum Gasteiger partial charge on any atom is 0.144 e. The van der Waals surface area contributed by atoms with E-state index in [2.05, 4.69) is 20.3 Å². The number of benzene rings is 2. The quantitative estimate of drug-likeness (QED) is 0.381. The largest absolute Gasteiger partial charge is 0.491 e. The normalized spacial score (nSPS) is 13.2. The lowest BCUT2D eigenvalue weighted by Gasteiger charge is -2.14. The van der Waals surface area contributed by atoms with Gasteiger partial charge in [0.15, 0.2) is 0 Å². The van der Waals surface area contributed by atoms with E-state index in [0.29, 0.717) is 36.4 Å². The van der Waals surface area contributed by atoms with Crippen molar-refractivity contribution in [3.05, 3.63) is 72.3 Å². The number of aromatic nitrogens is 3. The molecular formula is C25H25N5O2. The van der Waals surface area contributed by atoms with E-state index in [1.807, 2.05) is 55.5 Å². The molecule has 7 heteroatoms. The van der Waals surface area contributed by atoms with Crippen LogP contribution < -0.4 is 20.5 Å². The number of nitrogen functional groups attached to an aromatic ring is 1. The van der Waals surface area contributed by atoms with E-state index in [4.69, 9.17) is 15.2 Å². The summed E-state index contributed by atoms with van der Waals surface area (Å²) in [6, 6.07) is 15.5. The predicted molar refractivity (Wildman–Crippen MR) is 125 cm³/mol. The first-order valence-corrected chi connectivity index (χ1v) is 10.7. The molecule has 2 aromatic heterocycles. The fraction of sp³-hybridized carbons (Fsp3) is 0.240. The third-order valence-corrected chi connectivity index (χ3v) is 5.48. The summed E-state index contributed by atoms with van der Waals surface area (Å²) in [5.41, 5.74) is 10.4. The van der Waals surface area contributed by atoms with E-state index in [1.165, 1.54) is 12.8 Å². The second-order valence-corrected chi connectivity index (χ2v) is 8.10. The smallest absolute Gasteiger partial charge is 0.144 e. The molecule has 1 aliphatic rings. The summed E-state index contributed by atoms with van der Waals surface area (Å²) in [7, 11) is 0. The van der Waals surface area contributed by atoms with Crippen molar-refractivity contribution in [2.45, 2.75) is 26.4 Å². The van der Waals surface area contributed by atoms with Crippen LogP contribution in [0.4, 0.5) is 17.2 Å². The lowest BCUT2D eigenvalue weighted by atomic mass is 10.1. The van der Waals surface area contributed by atoms with E-state index in [9.17, 15) is 0 Å². The number of nitrogens with zero attached hydrogens (tertiary/aromatic N) is 3. The van der Waals surface area contributed by atoms with Gasteiger partial charge in [-0.05, 0) is 67.6 Å². The summed E-state index contributed by atoms with van der Waals surface area (Å²) in [6.45, 7) is 3.15. The zero-order chi connectivity index (χ0) is 21.9. The standard InChI is InChI=1S/C25H25N5O2/c1-16-10-18(7-8-23(16)32-14-19-4-2-3-9-27-19)30-25-20-11-21(26)24(31-13-17-5-6-17)12-22(20)28-15-29-25/h2-4,7-12,15,17H,5-6,13-14,26H2,1H3,(H,28,29,30). The molecule has 162 valence electrons. The van der Waals surface area contributed by atoms with Crippen molar-refractivity contribution in [3.8, 4) is 11.5 Å². The molecule has 2 aromatic carbocycles. The van der Waals surface area contributed by atoms with E-state index < -0.39 is 0 Å². The van der Waals surface area contributed by atoms with Gasteiger partial charge in [0.25, 0.3) is 0 Å². The third kappa shape index (κ3) is 4.56. The van der Waals surface area contributed by atoms with Gasteiger partial charge in [0.2, 0.25) is 0 Å². The van der Waals surface area contributed by atoms with Gasteiger partial charge in [0.1, 0.15) is 30.3 Å². The number of nitrogens with two attached hydrogens (primary N) is 1. The molecule has 0 unspecified atom stereocenters. The van der Waals surface area contributed by atoms with Crippen molar-refractivity contribution < 1.29 is 9.47 Å². The second kappa shape index (κ2) is 8.70. The number of anilines is 3. The van der Waals surface area contributed by atoms with Crippen LogP contribution in [0.1, 0.15) is 24.1 Å². The Morgan fingerprint density at radius 1 is 1.00 bits per heavy atom. The number of nitrogens with one attached hydrogen (secondary N) is 1. The Labute approximate surface area is 186 Å². The van der Waals surface area contributed by atoms with Gasteiger partial charge in [0.05, 0.1) is 23.5 Å². The number of hydrogen-bond donors (Lipinski definition) is 2. The molecule has 1 saturated carbocycles.